The molecule has 0 radical (unpaired) electrons. The number of para-hydroxylation sites is 1. The molecule has 170 valence electrons. The van der Waals surface area contributed by atoms with Crippen LogP contribution in [0.2, 0.25) is 0 Å². The molecule has 1 aliphatic heterocycles. The minimum absolute atomic E-state index is 0.199. The summed E-state index contributed by atoms with van der Waals surface area (Å²) in [4.78, 5) is 34.8. The second-order valence-corrected chi connectivity index (χ2v) is 9.68. The van der Waals surface area contributed by atoms with E-state index in [9.17, 15) is 9.59 Å². The first kappa shape index (κ1) is 21.0. The van der Waals surface area contributed by atoms with Crippen LogP contribution in [-0.2, 0) is 0 Å². The fourth-order valence-corrected chi connectivity index (χ4v) is 5.96. The number of rotatable bonds is 5. The summed E-state index contributed by atoms with van der Waals surface area (Å²) in [5, 5.41) is 3.45. The lowest BCUT2D eigenvalue weighted by molar-refractivity contribution is 0.0950. The Morgan fingerprint density at radius 3 is 2.56 bits per heavy atom. The molecule has 6 rings (SSSR count). The second-order valence-electron chi connectivity index (χ2n) is 8.65. The van der Waals surface area contributed by atoms with Gasteiger partial charge in [0.1, 0.15) is 16.0 Å². The number of pyridine rings is 2. The maximum absolute atomic E-state index is 13.6. The number of hydrogen-bond acceptors (Lipinski definition) is 5. The molecule has 6 nitrogen and oxygen atoms in total. The first-order valence-electron chi connectivity index (χ1n) is 11.6. The molecule has 0 spiro atoms. The normalized spacial score (nSPS) is 14.4. The quantitative estimate of drug-likeness (QED) is 0.411. The monoisotopic (exact) mass is 468 g/mol. The van der Waals surface area contributed by atoms with Crippen LogP contribution in [0.4, 0.5) is 0 Å². The third kappa shape index (κ3) is 3.57. The Bertz CT molecular complexity index is 1580. The molecular weight excluding hydrogens is 444 g/mol. The molecule has 0 atom stereocenters. The summed E-state index contributed by atoms with van der Waals surface area (Å²) in [6, 6.07) is 21.5. The van der Waals surface area contributed by atoms with E-state index in [1.54, 1.807) is 6.07 Å². The number of fused-ring (bicyclic) bond motifs is 5. The van der Waals surface area contributed by atoms with Crippen LogP contribution in [0.1, 0.15) is 23.2 Å². The summed E-state index contributed by atoms with van der Waals surface area (Å²) in [7, 11) is 0. The Morgan fingerprint density at radius 2 is 1.74 bits per heavy atom. The molecule has 0 unspecified atom stereocenters. The molecule has 3 aromatic heterocycles. The lowest BCUT2D eigenvalue weighted by Gasteiger charge is -2.15. The van der Waals surface area contributed by atoms with Crippen LogP contribution >= 0.6 is 11.3 Å². The van der Waals surface area contributed by atoms with Crippen molar-refractivity contribution in [1.82, 2.24) is 19.6 Å². The third-order valence-corrected chi connectivity index (χ3v) is 7.64. The van der Waals surface area contributed by atoms with Crippen LogP contribution in [0.3, 0.4) is 0 Å². The van der Waals surface area contributed by atoms with Gasteiger partial charge in [0.15, 0.2) is 0 Å². The van der Waals surface area contributed by atoms with Crippen LogP contribution in [-0.4, -0.2) is 46.4 Å². The summed E-state index contributed by atoms with van der Waals surface area (Å²) >= 11 is 1.46. The van der Waals surface area contributed by atoms with E-state index in [-0.39, 0.29) is 16.9 Å². The number of nitrogens with zero attached hydrogens (tertiary/aromatic N) is 3. The molecular formula is C27H24N4O2S. The lowest BCUT2D eigenvalue weighted by atomic mass is 10.1. The van der Waals surface area contributed by atoms with Crippen molar-refractivity contribution >= 4 is 43.3 Å². The zero-order chi connectivity index (χ0) is 23.1. The molecule has 1 amide bonds. The van der Waals surface area contributed by atoms with E-state index in [0.29, 0.717) is 22.4 Å². The highest BCUT2D eigenvalue weighted by atomic mass is 32.1. The highest BCUT2D eigenvalue weighted by molar-refractivity contribution is 7.24. The Hall–Kier alpha value is -3.55. The topological polar surface area (TPSA) is 66.7 Å². The Balaban J connectivity index is 1.51. The molecule has 0 saturated carbocycles. The van der Waals surface area contributed by atoms with Crippen molar-refractivity contribution in [1.29, 1.82) is 0 Å². The Morgan fingerprint density at radius 1 is 0.971 bits per heavy atom. The molecule has 1 N–H and O–H groups in total. The van der Waals surface area contributed by atoms with E-state index >= 15 is 0 Å². The number of amides is 1. The third-order valence-electron chi connectivity index (χ3n) is 6.50. The molecule has 1 fully saturated rings. The average molecular weight is 469 g/mol. The van der Waals surface area contributed by atoms with Crippen molar-refractivity contribution in [2.24, 2.45) is 0 Å². The molecule has 1 saturated heterocycles. The smallest absolute Gasteiger partial charge is 0.258 e. The fraction of sp³-hybridized carbons (Fsp3) is 0.222. The standard InChI is InChI=1S/C27H24N4O2S/c32-24-19-12-13-20(18-8-2-1-3-9-18)29-25(19)31-21-10-4-5-11-22(21)34-27(31)23(24)26(33)28-14-17-30-15-6-7-16-30/h1-5,8-13H,6-7,14-17H2,(H,28,33). The van der Waals surface area contributed by atoms with Crippen molar-refractivity contribution < 1.29 is 4.79 Å². The molecule has 5 aromatic rings. The van der Waals surface area contributed by atoms with Gasteiger partial charge in [0, 0.05) is 18.7 Å². The number of carbonyl (C=O) groups is 1. The van der Waals surface area contributed by atoms with E-state index in [4.69, 9.17) is 4.98 Å². The average Bonchev–Trinajstić information content (AvgIpc) is 3.52. The second kappa shape index (κ2) is 8.66. The van der Waals surface area contributed by atoms with Crippen LogP contribution in [0.15, 0.2) is 71.5 Å². The van der Waals surface area contributed by atoms with E-state index < -0.39 is 0 Å². The number of thiazole rings is 1. The molecule has 0 aliphatic carbocycles. The number of likely N-dealkylation sites (tertiary alicyclic amines) is 1. The number of benzene rings is 2. The van der Waals surface area contributed by atoms with E-state index in [0.717, 1.165) is 41.1 Å². The highest BCUT2D eigenvalue weighted by Crippen LogP contribution is 2.31. The van der Waals surface area contributed by atoms with Crippen molar-refractivity contribution in [3.63, 3.8) is 0 Å². The van der Waals surface area contributed by atoms with Gasteiger partial charge in [-0.2, -0.15) is 0 Å². The molecule has 4 heterocycles. The molecule has 34 heavy (non-hydrogen) atoms. The van der Waals surface area contributed by atoms with Gasteiger partial charge in [-0.3, -0.25) is 14.0 Å². The fourth-order valence-electron chi connectivity index (χ4n) is 4.78. The zero-order valence-corrected chi connectivity index (χ0v) is 19.5. The highest BCUT2D eigenvalue weighted by Gasteiger charge is 2.23. The molecule has 7 heteroatoms. The Kier molecular flexibility index (Phi) is 5.36. The maximum Gasteiger partial charge on any atom is 0.258 e. The first-order valence-corrected chi connectivity index (χ1v) is 12.5. The summed E-state index contributed by atoms with van der Waals surface area (Å²) in [6.45, 7) is 3.48. The van der Waals surface area contributed by atoms with Gasteiger partial charge in [0.25, 0.3) is 5.91 Å². The predicted octanol–water partition coefficient (Wildman–Crippen LogP) is 4.56. The van der Waals surface area contributed by atoms with Crippen LogP contribution in [0, 0.1) is 0 Å². The zero-order valence-electron chi connectivity index (χ0n) is 18.7. The lowest BCUT2D eigenvalue weighted by Crippen LogP contribution is -2.35. The van der Waals surface area contributed by atoms with Crippen molar-refractivity contribution in [3.05, 3.63) is 82.5 Å². The van der Waals surface area contributed by atoms with Gasteiger partial charge in [-0.25, -0.2) is 4.98 Å². The van der Waals surface area contributed by atoms with Crippen molar-refractivity contribution in [2.45, 2.75) is 12.8 Å². The molecule has 1 aliphatic rings. The minimum Gasteiger partial charge on any atom is -0.351 e. The van der Waals surface area contributed by atoms with Crippen LogP contribution < -0.4 is 10.7 Å². The summed E-state index contributed by atoms with van der Waals surface area (Å²) in [6.07, 6.45) is 2.42. The number of carbonyl (C=O) groups excluding carboxylic acids is 1. The largest absolute Gasteiger partial charge is 0.351 e. The van der Waals surface area contributed by atoms with Gasteiger partial charge >= 0.3 is 0 Å². The van der Waals surface area contributed by atoms with E-state index in [1.807, 2.05) is 65.1 Å². The van der Waals surface area contributed by atoms with E-state index in [2.05, 4.69) is 10.2 Å². The van der Waals surface area contributed by atoms with Crippen molar-refractivity contribution in [3.8, 4) is 11.3 Å². The van der Waals surface area contributed by atoms with Crippen molar-refractivity contribution in [2.75, 3.05) is 26.2 Å². The Labute approximate surface area is 200 Å². The first-order chi connectivity index (χ1) is 16.7. The van der Waals surface area contributed by atoms with Gasteiger partial charge in [0.05, 0.1) is 21.3 Å². The molecule has 2 aromatic carbocycles. The van der Waals surface area contributed by atoms with E-state index in [1.165, 1.54) is 24.2 Å². The number of aromatic nitrogens is 2. The van der Waals surface area contributed by atoms with Gasteiger partial charge in [-0.1, -0.05) is 42.5 Å². The van der Waals surface area contributed by atoms with Gasteiger partial charge in [-0.05, 0) is 50.2 Å². The van der Waals surface area contributed by atoms with Gasteiger partial charge < -0.3 is 10.2 Å². The summed E-state index contributed by atoms with van der Waals surface area (Å²) in [5.41, 5.74) is 3.22. The van der Waals surface area contributed by atoms with Crippen LogP contribution in [0.5, 0.6) is 0 Å². The molecule has 0 bridgehead atoms. The SMILES string of the molecule is O=C(NCCN1CCCC1)c1c(=O)c2ccc(-c3ccccc3)nc2n2c1sc1ccccc12. The summed E-state index contributed by atoms with van der Waals surface area (Å²) in [5.74, 6) is -0.317. The summed E-state index contributed by atoms with van der Waals surface area (Å²) < 4.78 is 2.98. The minimum atomic E-state index is -0.317. The number of nitrogens with one attached hydrogen (secondary N) is 1. The van der Waals surface area contributed by atoms with Gasteiger partial charge in [0.2, 0.25) is 5.43 Å². The number of hydrogen-bond donors (Lipinski definition) is 1. The van der Waals surface area contributed by atoms with Crippen LogP contribution in [0.25, 0.3) is 37.3 Å². The predicted molar refractivity (Wildman–Crippen MR) is 138 cm³/mol. The van der Waals surface area contributed by atoms with Gasteiger partial charge in [-0.15, -0.1) is 11.3 Å². The maximum atomic E-state index is 13.6.